The molecule has 0 bridgehead atoms. The van der Waals surface area contributed by atoms with Crippen molar-refractivity contribution in [2.24, 2.45) is 4.99 Å². The average Bonchev–Trinajstić information content (AvgIpc) is 3.36. The van der Waals surface area contributed by atoms with Crippen LogP contribution in [0.1, 0.15) is 18.1 Å². The van der Waals surface area contributed by atoms with Gasteiger partial charge >= 0.3 is 0 Å². The van der Waals surface area contributed by atoms with E-state index in [1.54, 1.807) is 7.11 Å². The Morgan fingerprint density at radius 2 is 1.70 bits per heavy atom. The van der Waals surface area contributed by atoms with E-state index >= 15 is 0 Å². The molecule has 3 aromatic rings. The largest absolute Gasteiger partial charge is 0.497 e. The zero-order valence-corrected chi connectivity index (χ0v) is 21.7. The normalized spacial score (nSPS) is 14.1. The number of methoxy groups -OCH3 is 1. The highest BCUT2D eigenvalue weighted by Gasteiger charge is 2.19. The van der Waals surface area contributed by atoms with Crippen molar-refractivity contribution in [3.05, 3.63) is 78.4 Å². The highest BCUT2D eigenvalue weighted by molar-refractivity contribution is 14.0. The summed E-state index contributed by atoms with van der Waals surface area (Å²) < 4.78 is 7.34. The van der Waals surface area contributed by atoms with Crippen molar-refractivity contribution in [1.29, 1.82) is 0 Å². The van der Waals surface area contributed by atoms with Gasteiger partial charge in [0.1, 0.15) is 5.75 Å². The van der Waals surface area contributed by atoms with Crippen LogP contribution in [0.15, 0.2) is 72.2 Å². The number of nitrogens with one attached hydrogen (secondary N) is 1. The number of benzene rings is 2. The van der Waals surface area contributed by atoms with Crippen LogP contribution in [-0.2, 0) is 13.1 Å². The minimum atomic E-state index is 0. The van der Waals surface area contributed by atoms with Gasteiger partial charge in [-0.05, 0) is 42.3 Å². The maximum atomic E-state index is 5.27. The van der Waals surface area contributed by atoms with Gasteiger partial charge in [0, 0.05) is 57.3 Å². The van der Waals surface area contributed by atoms with Gasteiger partial charge in [0.05, 0.1) is 20.0 Å². The summed E-state index contributed by atoms with van der Waals surface area (Å²) in [4.78, 5) is 13.8. The lowest BCUT2D eigenvalue weighted by Crippen LogP contribution is -2.52. The SMILES string of the molecule is CCNC(=NCc1ccc(Cn2ccnc2)cc1)N1CCN(c2ccc(OC)cc2)CC1.I. The molecule has 1 aliphatic heterocycles. The Morgan fingerprint density at radius 3 is 2.30 bits per heavy atom. The van der Waals surface area contributed by atoms with E-state index in [1.165, 1.54) is 16.8 Å². The molecule has 33 heavy (non-hydrogen) atoms. The molecule has 4 rings (SSSR count). The van der Waals surface area contributed by atoms with Crippen LogP contribution in [0, 0.1) is 0 Å². The number of anilines is 1. The number of rotatable bonds is 7. The molecule has 0 unspecified atom stereocenters. The number of hydrogen-bond acceptors (Lipinski definition) is 4. The summed E-state index contributed by atoms with van der Waals surface area (Å²) in [6, 6.07) is 17.0. The predicted octanol–water partition coefficient (Wildman–Crippen LogP) is 3.85. The lowest BCUT2D eigenvalue weighted by molar-refractivity contribution is 0.372. The summed E-state index contributed by atoms with van der Waals surface area (Å²) in [5.41, 5.74) is 3.71. The topological polar surface area (TPSA) is 57.9 Å². The van der Waals surface area contributed by atoms with Crippen molar-refractivity contribution in [1.82, 2.24) is 19.8 Å². The van der Waals surface area contributed by atoms with Gasteiger partial charge in [0.15, 0.2) is 5.96 Å². The second kappa shape index (κ2) is 12.5. The first-order chi connectivity index (χ1) is 15.7. The Morgan fingerprint density at radius 1 is 1.00 bits per heavy atom. The number of nitrogens with zero attached hydrogens (tertiary/aromatic N) is 5. The fourth-order valence-electron chi connectivity index (χ4n) is 3.90. The maximum absolute atomic E-state index is 5.27. The molecule has 2 aromatic carbocycles. The molecule has 2 heterocycles. The van der Waals surface area contributed by atoms with Crippen molar-refractivity contribution in [2.75, 3.05) is 44.7 Å². The number of guanidine groups is 1. The van der Waals surface area contributed by atoms with Crippen molar-refractivity contribution in [3.8, 4) is 5.75 Å². The van der Waals surface area contributed by atoms with E-state index in [4.69, 9.17) is 9.73 Å². The number of ether oxygens (including phenoxy) is 1. The first-order valence-corrected chi connectivity index (χ1v) is 11.2. The molecule has 1 aliphatic rings. The van der Waals surface area contributed by atoms with E-state index in [0.717, 1.165) is 51.0 Å². The van der Waals surface area contributed by atoms with E-state index in [9.17, 15) is 0 Å². The van der Waals surface area contributed by atoms with Crippen LogP contribution in [-0.4, -0.2) is 60.2 Å². The molecule has 0 atom stereocenters. The molecule has 0 spiro atoms. The van der Waals surface area contributed by atoms with Crippen molar-refractivity contribution < 1.29 is 4.74 Å². The summed E-state index contributed by atoms with van der Waals surface area (Å²) in [5, 5.41) is 3.46. The Hall–Kier alpha value is -2.75. The second-order valence-electron chi connectivity index (χ2n) is 7.89. The van der Waals surface area contributed by atoms with Gasteiger partial charge < -0.3 is 24.4 Å². The van der Waals surface area contributed by atoms with Crippen LogP contribution in [0.3, 0.4) is 0 Å². The monoisotopic (exact) mass is 560 g/mol. The van der Waals surface area contributed by atoms with Crippen molar-refractivity contribution in [3.63, 3.8) is 0 Å². The highest BCUT2D eigenvalue weighted by atomic mass is 127. The number of hydrogen-bond donors (Lipinski definition) is 1. The quantitative estimate of drug-likeness (QED) is 0.271. The first-order valence-electron chi connectivity index (χ1n) is 11.2. The third kappa shape index (κ3) is 6.86. The molecule has 1 N–H and O–H groups in total. The smallest absolute Gasteiger partial charge is 0.194 e. The van der Waals surface area contributed by atoms with Crippen LogP contribution in [0.2, 0.25) is 0 Å². The van der Waals surface area contributed by atoms with E-state index in [1.807, 2.05) is 30.9 Å². The number of piperazine rings is 1. The van der Waals surface area contributed by atoms with Crippen LogP contribution in [0.4, 0.5) is 5.69 Å². The number of aromatic nitrogens is 2. The van der Waals surface area contributed by atoms with Crippen molar-refractivity contribution >= 4 is 35.6 Å². The molecular weight excluding hydrogens is 527 g/mol. The van der Waals surface area contributed by atoms with Crippen LogP contribution < -0.4 is 15.0 Å². The summed E-state index contributed by atoms with van der Waals surface area (Å²) in [6.45, 7) is 8.33. The third-order valence-electron chi connectivity index (χ3n) is 5.71. The summed E-state index contributed by atoms with van der Waals surface area (Å²) >= 11 is 0. The predicted molar refractivity (Wildman–Crippen MR) is 145 cm³/mol. The molecule has 7 nitrogen and oxygen atoms in total. The molecule has 176 valence electrons. The Kier molecular flexibility index (Phi) is 9.41. The van der Waals surface area contributed by atoms with Gasteiger partial charge in [-0.25, -0.2) is 9.98 Å². The fraction of sp³-hybridized carbons (Fsp3) is 0.360. The number of halogens is 1. The van der Waals surface area contributed by atoms with E-state index in [0.29, 0.717) is 6.54 Å². The fourth-order valence-corrected chi connectivity index (χ4v) is 3.90. The van der Waals surface area contributed by atoms with Gasteiger partial charge in [-0.3, -0.25) is 0 Å². The van der Waals surface area contributed by atoms with Gasteiger partial charge in [0.2, 0.25) is 0 Å². The van der Waals surface area contributed by atoms with Crippen molar-refractivity contribution in [2.45, 2.75) is 20.0 Å². The minimum absolute atomic E-state index is 0. The lowest BCUT2D eigenvalue weighted by Gasteiger charge is -2.37. The maximum Gasteiger partial charge on any atom is 0.194 e. The summed E-state index contributed by atoms with van der Waals surface area (Å²) in [5.74, 6) is 1.88. The third-order valence-corrected chi connectivity index (χ3v) is 5.71. The Balaban J connectivity index is 0.00000306. The molecule has 8 heteroatoms. The molecule has 1 fully saturated rings. The van der Waals surface area contributed by atoms with Gasteiger partial charge in [-0.15, -0.1) is 24.0 Å². The number of imidazole rings is 1. The standard InChI is InChI=1S/C25H32N6O.HI/c1-3-27-25(28-18-21-4-6-22(7-5-21)19-29-13-12-26-20-29)31-16-14-30(15-17-31)23-8-10-24(32-2)11-9-23;/h4-13,20H,3,14-19H2,1-2H3,(H,27,28);1H. The Labute approximate surface area is 213 Å². The Bertz CT molecular complexity index is 981. The lowest BCUT2D eigenvalue weighted by atomic mass is 10.1. The zero-order chi connectivity index (χ0) is 22.2. The number of aliphatic imine (C=N–C) groups is 1. The zero-order valence-electron chi connectivity index (χ0n) is 19.4. The molecule has 0 aliphatic carbocycles. The van der Waals surface area contributed by atoms with E-state index in [-0.39, 0.29) is 24.0 Å². The summed E-state index contributed by atoms with van der Waals surface area (Å²) in [7, 11) is 1.70. The van der Waals surface area contributed by atoms with Gasteiger partial charge in [-0.1, -0.05) is 24.3 Å². The molecule has 1 saturated heterocycles. The average molecular weight is 560 g/mol. The molecule has 1 aromatic heterocycles. The van der Waals surface area contributed by atoms with E-state index in [2.05, 4.69) is 68.0 Å². The molecule has 0 saturated carbocycles. The molecule has 0 amide bonds. The first kappa shape index (κ1) is 24.9. The van der Waals surface area contributed by atoms with Crippen LogP contribution >= 0.6 is 24.0 Å². The van der Waals surface area contributed by atoms with Gasteiger partial charge in [0.25, 0.3) is 0 Å². The molecule has 0 radical (unpaired) electrons. The minimum Gasteiger partial charge on any atom is -0.497 e. The van der Waals surface area contributed by atoms with Crippen LogP contribution in [0.25, 0.3) is 0 Å². The second-order valence-corrected chi connectivity index (χ2v) is 7.89. The molecular formula is C25H33IN6O. The highest BCUT2D eigenvalue weighted by Crippen LogP contribution is 2.20. The van der Waals surface area contributed by atoms with Crippen LogP contribution in [0.5, 0.6) is 5.75 Å². The van der Waals surface area contributed by atoms with E-state index < -0.39 is 0 Å². The summed E-state index contributed by atoms with van der Waals surface area (Å²) in [6.07, 6.45) is 5.63. The van der Waals surface area contributed by atoms with Gasteiger partial charge in [-0.2, -0.15) is 0 Å².